The number of nitrogens with two attached hydrogens (primary N) is 1. The molecule has 1 aliphatic rings. The molecule has 1 aromatic heterocycles. The quantitative estimate of drug-likeness (QED) is 0.733. The third-order valence-electron chi connectivity index (χ3n) is 2.61. The van der Waals surface area contributed by atoms with Gasteiger partial charge in [-0.15, -0.1) is 0 Å². The van der Waals surface area contributed by atoms with E-state index in [2.05, 4.69) is 27.0 Å². The number of likely N-dealkylation sites (N-methyl/N-ethyl adjacent to an activating group) is 1. The predicted molar refractivity (Wildman–Crippen MR) is 56.6 cm³/mol. The zero-order valence-corrected chi connectivity index (χ0v) is 9.18. The van der Waals surface area contributed by atoms with Gasteiger partial charge in [-0.1, -0.05) is 0 Å². The molecule has 0 saturated carbocycles. The molecule has 1 fully saturated rings. The van der Waals surface area contributed by atoms with Crippen LogP contribution in [0.2, 0.25) is 0 Å². The van der Waals surface area contributed by atoms with Crippen LogP contribution in [0.25, 0.3) is 0 Å². The first-order valence-corrected chi connectivity index (χ1v) is 5.19. The molecule has 1 atom stereocenters. The average Bonchev–Trinajstić information content (AvgIpc) is 2.68. The molecule has 1 saturated heterocycles. The highest BCUT2D eigenvalue weighted by Gasteiger charge is 2.19. The maximum absolute atomic E-state index is 5.66. The van der Waals surface area contributed by atoms with Gasteiger partial charge in [0.1, 0.15) is 0 Å². The van der Waals surface area contributed by atoms with Crippen molar-refractivity contribution >= 4 is 5.95 Å². The SMILES string of the molecule is C[C@@H](N)c1nc(N2CCN(C)CC2)no1. The van der Waals surface area contributed by atoms with Gasteiger partial charge in [0.15, 0.2) is 0 Å². The van der Waals surface area contributed by atoms with Crippen LogP contribution in [0.4, 0.5) is 5.95 Å². The van der Waals surface area contributed by atoms with Gasteiger partial charge in [-0.3, -0.25) is 0 Å². The van der Waals surface area contributed by atoms with Gasteiger partial charge in [0, 0.05) is 26.2 Å². The molecule has 0 unspecified atom stereocenters. The Balaban J connectivity index is 2.03. The Morgan fingerprint density at radius 2 is 2.00 bits per heavy atom. The molecule has 2 rings (SSSR count). The summed E-state index contributed by atoms with van der Waals surface area (Å²) in [4.78, 5) is 8.66. The van der Waals surface area contributed by atoms with E-state index in [1.807, 2.05) is 6.92 Å². The molecule has 0 aromatic carbocycles. The van der Waals surface area contributed by atoms with Crippen LogP contribution >= 0.6 is 0 Å². The largest absolute Gasteiger partial charge is 0.336 e. The lowest BCUT2D eigenvalue weighted by atomic mass is 10.3. The highest BCUT2D eigenvalue weighted by Crippen LogP contribution is 2.14. The zero-order chi connectivity index (χ0) is 10.8. The Kier molecular flexibility index (Phi) is 2.88. The van der Waals surface area contributed by atoms with Crippen LogP contribution < -0.4 is 10.6 Å². The number of hydrogen-bond donors (Lipinski definition) is 1. The summed E-state index contributed by atoms with van der Waals surface area (Å²) in [5.41, 5.74) is 5.66. The Labute approximate surface area is 89.0 Å². The summed E-state index contributed by atoms with van der Waals surface area (Å²) in [7, 11) is 2.11. The maximum Gasteiger partial charge on any atom is 0.266 e. The third-order valence-corrected chi connectivity index (χ3v) is 2.61. The molecule has 0 radical (unpaired) electrons. The lowest BCUT2D eigenvalue weighted by Gasteiger charge is -2.31. The van der Waals surface area contributed by atoms with Crippen molar-refractivity contribution in [3.05, 3.63) is 5.89 Å². The summed E-state index contributed by atoms with van der Waals surface area (Å²) < 4.78 is 5.06. The lowest BCUT2D eigenvalue weighted by Crippen LogP contribution is -2.44. The fourth-order valence-corrected chi connectivity index (χ4v) is 1.55. The van der Waals surface area contributed by atoms with E-state index in [1.54, 1.807) is 0 Å². The van der Waals surface area contributed by atoms with Crippen molar-refractivity contribution in [3.8, 4) is 0 Å². The standard InChI is InChI=1S/C9H17N5O/c1-7(10)8-11-9(12-15-8)14-5-3-13(2)4-6-14/h7H,3-6,10H2,1-2H3/t7-/m1/s1. The molecule has 1 aromatic rings. The molecule has 2 N–H and O–H groups in total. The van der Waals surface area contributed by atoms with E-state index in [0.717, 1.165) is 26.2 Å². The molecule has 15 heavy (non-hydrogen) atoms. The fraction of sp³-hybridized carbons (Fsp3) is 0.778. The van der Waals surface area contributed by atoms with Gasteiger partial charge in [-0.05, 0) is 19.1 Å². The predicted octanol–water partition coefficient (Wildman–Crippen LogP) is -0.159. The van der Waals surface area contributed by atoms with Crippen molar-refractivity contribution in [2.45, 2.75) is 13.0 Å². The molecule has 0 aliphatic carbocycles. The molecule has 0 amide bonds. The molecule has 6 heteroatoms. The summed E-state index contributed by atoms with van der Waals surface area (Å²) in [5.74, 6) is 1.17. The van der Waals surface area contributed by atoms with Crippen molar-refractivity contribution < 1.29 is 4.52 Å². The van der Waals surface area contributed by atoms with E-state index in [9.17, 15) is 0 Å². The summed E-state index contributed by atoms with van der Waals surface area (Å²) in [6.07, 6.45) is 0. The van der Waals surface area contributed by atoms with Crippen LogP contribution in [0.3, 0.4) is 0 Å². The molecule has 6 nitrogen and oxygen atoms in total. The minimum Gasteiger partial charge on any atom is -0.336 e. The smallest absolute Gasteiger partial charge is 0.266 e. The number of nitrogens with zero attached hydrogens (tertiary/aromatic N) is 4. The Morgan fingerprint density at radius 1 is 1.33 bits per heavy atom. The highest BCUT2D eigenvalue weighted by atomic mass is 16.5. The van der Waals surface area contributed by atoms with Crippen LogP contribution in [0, 0.1) is 0 Å². The van der Waals surface area contributed by atoms with Crippen molar-refractivity contribution in [2.75, 3.05) is 38.1 Å². The lowest BCUT2D eigenvalue weighted by molar-refractivity contribution is 0.308. The maximum atomic E-state index is 5.66. The number of aromatic nitrogens is 2. The van der Waals surface area contributed by atoms with Gasteiger partial charge in [0.05, 0.1) is 6.04 Å². The molecule has 2 heterocycles. The third kappa shape index (κ3) is 2.27. The van der Waals surface area contributed by atoms with E-state index < -0.39 is 0 Å². The van der Waals surface area contributed by atoms with E-state index in [4.69, 9.17) is 10.3 Å². The Hall–Kier alpha value is -1.14. The summed E-state index contributed by atoms with van der Waals surface area (Å²) >= 11 is 0. The van der Waals surface area contributed by atoms with Crippen LogP contribution in [0.1, 0.15) is 18.9 Å². The van der Waals surface area contributed by atoms with Crippen LogP contribution in [-0.4, -0.2) is 48.3 Å². The van der Waals surface area contributed by atoms with E-state index in [1.165, 1.54) is 0 Å². The number of rotatable bonds is 2. The van der Waals surface area contributed by atoms with Gasteiger partial charge in [-0.25, -0.2) is 0 Å². The molecular weight excluding hydrogens is 194 g/mol. The molecule has 84 valence electrons. The van der Waals surface area contributed by atoms with Gasteiger partial charge in [0.2, 0.25) is 5.89 Å². The number of hydrogen-bond acceptors (Lipinski definition) is 6. The highest BCUT2D eigenvalue weighted by molar-refractivity contribution is 5.28. The number of anilines is 1. The Bertz CT molecular complexity index is 316. The van der Waals surface area contributed by atoms with E-state index in [-0.39, 0.29) is 6.04 Å². The second-order valence-electron chi connectivity index (χ2n) is 4.01. The number of piperazine rings is 1. The summed E-state index contributed by atoms with van der Waals surface area (Å²) in [6.45, 7) is 5.77. The van der Waals surface area contributed by atoms with Crippen LogP contribution in [-0.2, 0) is 0 Å². The first kappa shape index (κ1) is 10.4. The first-order valence-electron chi connectivity index (χ1n) is 5.19. The van der Waals surface area contributed by atoms with Crippen molar-refractivity contribution in [3.63, 3.8) is 0 Å². The van der Waals surface area contributed by atoms with Crippen molar-refractivity contribution in [1.29, 1.82) is 0 Å². The Morgan fingerprint density at radius 3 is 2.53 bits per heavy atom. The monoisotopic (exact) mass is 211 g/mol. The van der Waals surface area contributed by atoms with E-state index >= 15 is 0 Å². The van der Waals surface area contributed by atoms with Crippen molar-refractivity contribution in [2.24, 2.45) is 5.73 Å². The molecule has 1 aliphatic heterocycles. The second kappa shape index (κ2) is 4.16. The van der Waals surface area contributed by atoms with Crippen LogP contribution in [0.5, 0.6) is 0 Å². The zero-order valence-electron chi connectivity index (χ0n) is 9.18. The summed E-state index contributed by atoms with van der Waals surface area (Å²) in [6, 6.07) is -0.196. The van der Waals surface area contributed by atoms with Gasteiger partial charge in [0.25, 0.3) is 5.95 Å². The van der Waals surface area contributed by atoms with Gasteiger partial charge >= 0.3 is 0 Å². The normalized spacial score (nSPS) is 20.6. The minimum absolute atomic E-state index is 0.196. The average molecular weight is 211 g/mol. The van der Waals surface area contributed by atoms with Gasteiger partial charge < -0.3 is 20.1 Å². The summed E-state index contributed by atoms with van der Waals surface area (Å²) in [5, 5.41) is 3.93. The second-order valence-corrected chi connectivity index (χ2v) is 4.01. The minimum atomic E-state index is -0.196. The molecule has 0 spiro atoms. The van der Waals surface area contributed by atoms with Gasteiger partial charge in [-0.2, -0.15) is 4.98 Å². The molecular formula is C9H17N5O. The van der Waals surface area contributed by atoms with Crippen LogP contribution in [0.15, 0.2) is 4.52 Å². The molecule has 0 bridgehead atoms. The topological polar surface area (TPSA) is 71.4 Å². The first-order chi connectivity index (χ1) is 7.16. The van der Waals surface area contributed by atoms with Crippen molar-refractivity contribution in [1.82, 2.24) is 15.0 Å². The fourth-order valence-electron chi connectivity index (χ4n) is 1.55. The van der Waals surface area contributed by atoms with E-state index in [0.29, 0.717) is 11.8 Å².